The molecule has 7 nitrogen and oxygen atoms in total. The molecule has 28 heavy (non-hydrogen) atoms. The van der Waals surface area contributed by atoms with Crippen molar-refractivity contribution in [3.05, 3.63) is 64.9 Å². The first-order valence-corrected chi connectivity index (χ1v) is 8.45. The number of nitrogens with zero attached hydrogens (tertiary/aromatic N) is 4. The average molecular weight is 382 g/mol. The van der Waals surface area contributed by atoms with Gasteiger partial charge in [-0.25, -0.2) is 18.7 Å². The highest BCUT2D eigenvalue weighted by Gasteiger charge is 2.25. The number of anilines is 2. The molecule has 4 aromatic rings. The Morgan fingerprint density at radius 3 is 2.71 bits per heavy atom. The van der Waals surface area contributed by atoms with Gasteiger partial charge in [-0.1, -0.05) is 6.07 Å². The first-order chi connectivity index (χ1) is 13.4. The van der Waals surface area contributed by atoms with Crippen molar-refractivity contribution in [2.45, 2.75) is 13.8 Å². The molecule has 0 saturated heterocycles. The first kappa shape index (κ1) is 17.8. The molecule has 0 aliphatic rings. The minimum absolute atomic E-state index is 0.0723. The van der Waals surface area contributed by atoms with E-state index in [2.05, 4.69) is 25.4 Å². The summed E-state index contributed by atoms with van der Waals surface area (Å²) in [5, 5.41) is 7.71. The molecule has 1 aromatic carbocycles. The van der Waals surface area contributed by atoms with Gasteiger partial charge in [-0.2, -0.15) is 5.10 Å². The van der Waals surface area contributed by atoms with Gasteiger partial charge in [-0.3, -0.25) is 9.48 Å². The minimum atomic E-state index is -0.920. The van der Waals surface area contributed by atoms with Crippen LogP contribution in [0.1, 0.15) is 27.2 Å². The fraction of sp³-hybridized carbons (Fsp3) is 0.158. The van der Waals surface area contributed by atoms with Crippen molar-refractivity contribution < 1.29 is 13.6 Å². The number of carbonyl (C=O) groups excluding carboxylic acids is 1. The smallest absolute Gasteiger partial charge is 0.201 e. The van der Waals surface area contributed by atoms with Gasteiger partial charge >= 0.3 is 0 Å². The van der Waals surface area contributed by atoms with E-state index in [0.29, 0.717) is 22.5 Å². The van der Waals surface area contributed by atoms with Crippen molar-refractivity contribution in [3.63, 3.8) is 0 Å². The molecule has 0 aliphatic heterocycles. The lowest BCUT2D eigenvalue weighted by atomic mass is 10.0. The maximum atomic E-state index is 14.5. The zero-order chi connectivity index (χ0) is 20.0. The SMILES string of the molecule is Cc1ccc(F)c(C(=O)c2c[nH]c3ncnc(Nc4cn(C)nc4C)c23)c1F. The monoisotopic (exact) mass is 382 g/mol. The van der Waals surface area contributed by atoms with Crippen LogP contribution in [0.15, 0.2) is 30.9 Å². The lowest BCUT2D eigenvalue weighted by Gasteiger charge is -2.08. The van der Waals surface area contributed by atoms with E-state index in [1.807, 2.05) is 6.92 Å². The van der Waals surface area contributed by atoms with Crippen LogP contribution >= 0.6 is 0 Å². The summed E-state index contributed by atoms with van der Waals surface area (Å²) in [5.74, 6) is -2.25. The summed E-state index contributed by atoms with van der Waals surface area (Å²) in [6.45, 7) is 3.30. The number of hydrogen-bond donors (Lipinski definition) is 2. The van der Waals surface area contributed by atoms with Gasteiger partial charge in [0.05, 0.1) is 27.9 Å². The zero-order valence-electron chi connectivity index (χ0n) is 15.3. The Morgan fingerprint density at radius 2 is 2.00 bits per heavy atom. The van der Waals surface area contributed by atoms with Gasteiger partial charge in [-0.05, 0) is 25.5 Å². The molecule has 0 radical (unpaired) electrons. The molecule has 2 N–H and O–H groups in total. The third-order valence-corrected chi connectivity index (χ3v) is 4.49. The van der Waals surface area contributed by atoms with Gasteiger partial charge in [0.25, 0.3) is 0 Å². The molecule has 4 rings (SSSR count). The molecule has 142 valence electrons. The predicted octanol–water partition coefficient (Wildman–Crippen LogP) is 3.56. The number of rotatable bonds is 4. The number of ketones is 1. The summed E-state index contributed by atoms with van der Waals surface area (Å²) in [6.07, 6.45) is 4.47. The van der Waals surface area contributed by atoms with Crippen LogP contribution < -0.4 is 5.32 Å². The van der Waals surface area contributed by atoms with Crippen LogP contribution in [0, 0.1) is 25.5 Å². The lowest BCUT2D eigenvalue weighted by Crippen LogP contribution is -2.09. The number of benzene rings is 1. The number of aromatic amines is 1. The van der Waals surface area contributed by atoms with Gasteiger partial charge in [-0.15, -0.1) is 0 Å². The van der Waals surface area contributed by atoms with E-state index in [1.165, 1.54) is 25.5 Å². The fourth-order valence-electron chi connectivity index (χ4n) is 3.09. The fourth-order valence-corrected chi connectivity index (χ4v) is 3.09. The number of fused-ring (bicyclic) bond motifs is 1. The van der Waals surface area contributed by atoms with Gasteiger partial charge in [0.2, 0.25) is 5.78 Å². The van der Waals surface area contributed by atoms with E-state index in [-0.39, 0.29) is 11.1 Å². The number of aryl methyl sites for hydroxylation is 3. The largest absolute Gasteiger partial charge is 0.345 e. The van der Waals surface area contributed by atoms with E-state index >= 15 is 0 Å². The standard InChI is InChI=1S/C19H16F2N6O/c1-9-4-5-12(20)15(16(9)21)17(28)11-6-22-18-14(11)19(24-8-23-18)25-13-7-27(3)26-10(13)2/h4-8H,1-3H3,(H2,22,23,24,25). The van der Waals surface area contributed by atoms with Gasteiger partial charge < -0.3 is 10.3 Å². The molecular weight excluding hydrogens is 366 g/mol. The topological polar surface area (TPSA) is 88.5 Å². The van der Waals surface area contributed by atoms with Crippen LogP contribution in [0.5, 0.6) is 0 Å². The molecule has 3 aromatic heterocycles. The highest BCUT2D eigenvalue weighted by atomic mass is 19.1. The second-order valence-electron chi connectivity index (χ2n) is 6.46. The third-order valence-electron chi connectivity index (χ3n) is 4.49. The number of H-pyrrole nitrogens is 1. The van der Waals surface area contributed by atoms with Crippen LogP contribution in [0.25, 0.3) is 11.0 Å². The van der Waals surface area contributed by atoms with Crippen molar-refractivity contribution in [3.8, 4) is 0 Å². The summed E-state index contributed by atoms with van der Waals surface area (Å²) >= 11 is 0. The van der Waals surface area contributed by atoms with Crippen LogP contribution in [-0.4, -0.2) is 30.5 Å². The van der Waals surface area contributed by atoms with Crippen LogP contribution in [0.4, 0.5) is 20.3 Å². The Bertz CT molecular complexity index is 1230. The summed E-state index contributed by atoms with van der Waals surface area (Å²) in [5.41, 5.74) is 1.45. The zero-order valence-corrected chi connectivity index (χ0v) is 15.3. The second kappa shape index (κ2) is 6.52. The lowest BCUT2D eigenvalue weighted by molar-refractivity contribution is 0.103. The van der Waals surface area contributed by atoms with E-state index in [4.69, 9.17) is 0 Å². The number of nitrogens with one attached hydrogen (secondary N) is 2. The van der Waals surface area contributed by atoms with Gasteiger partial charge in [0.15, 0.2) is 0 Å². The van der Waals surface area contributed by atoms with E-state index in [9.17, 15) is 13.6 Å². The maximum Gasteiger partial charge on any atom is 0.201 e. The normalized spacial score (nSPS) is 11.2. The molecule has 0 aliphatic carbocycles. The summed E-state index contributed by atoms with van der Waals surface area (Å²) < 4.78 is 30.4. The van der Waals surface area contributed by atoms with Crippen molar-refractivity contribution in [2.75, 3.05) is 5.32 Å². The van der Waals surface area contributed by atoms with Crippen molar-refractivity contribution >= 4 is 28.3 Å². The Labute approximate surface area is 158 Å². The van der Waals surface area contributed by atoms with Crippen molar-refractivity contribution in [1.29, 1.82) is 0 Å². The van der Waals surface area contributed by atoms with Gasteiger partial charge in [0.1, 0.15) is 29.4 Å². The number of hydrogen-bond acceptors (Lipinski definition) is 5. The molecule has 0 unspecified atom stereocenters. The van der Waals surface area contributed by atoms with Crippen molar-refractivity contribution in [1.82, 2.24) is 24.7 Å². The molecule has 0 spiro atoms. The maximum absolute atomic E-state index is 14.5. The molecule has 0 atom stereocenters. The molecule has 9 heteroatoms. The molecule has 0 saturated carbocycles. The van der Waals surface area contributed by atoms with E-state index in [0.717, 1.165) is 11.8 Å². The third kappa shape index (κ3) is 2.81. The van der Waals surface area contributed by atoms with Crippen LogP contribution in [0.3, 0.4) is 0 Å². The number of halogens is 2. The van der Waals surface area contributed by atoms with E-state index < -0.39 is 23.0 Å². The quantitative estimate of drug-likeness (QED) is 0.527. The van der Waals surface area contributed by atoms with Crippen molar-refractivity contribution in [2.24, 2.45) is 7.05 Å². The molecule has 0 bridgehead atoms. The number of aromatic nitrogens is 5. The molecule has 3 heterocycles. The van der Waals surface area contributed by atoms with E-state index in [1.54, 1.807) is 17.9 Å². The number of carbonyl (C=O) groups is 1. The summed E-state index contributed by atoms with van der Waals surface area (Å²) in [4.78, 5) is 24.2. The Balaban J connectivity index is 1.86. The van der Waals surface area contributed by atoms with Crippen LogP contribution in [0.2, 0.25) is 0 Å². The summed E-state index contributed by atoms with van der Waals surface area (Å²) in [6, 6.07) is 2.37. The Morgan fingerprint density at radius 1 is 1.21 bits per heavy atom. The predicted molar refractivity (Wildman–Crippen MR) is 99.6 cm³/mol. The Kier molecular flexibility index (Phi) is 4.14. The van der Waals surface area contributed by atoms with Crippen LogP contribution in [-0.2, 0) is 7.05 Å². The summed E-state index contributed by atoms with van der Waals surface area (Å²) in [7, 11) is 1.78. The molecular formula is C19H16F2N6O. The van der Waals surface area contributed by atoms with Gasteiger partial charge in [0, 0.05) is 19.4 Å². The molecule has 0 fully saturated rings. The first-order valence-electron chi connectivity index (χ1n) is 8.45. The molecule has 0 amide bonds. The average Bonchev–Trinajstić information content (AvgIpc) is 3.22. The minimum Gasteiger partial charge on any atom is -0.345 e. The second-order valence-corrected chi connectivity index (χ2v) is 6.46. The highest BCUT2D eigenvalue weighted by Crippen LogP contribution is 2.30. The Hall–Kier alpha value is -3.62. The highest BCUT2D eigenvalue weighted by molar-refractivity contribution is 6.18.